The quantitative estimate of drug-likeness (QED) is 0.236. The topological polar surface area (TPSA) is 48.6 Å². The molecule has 192 valence electrons. The van der Waals surface area contributed by atoms with Gasteiger partial charge in [0.1, 0.15) is 23.8 Å². The minimum Gasteiger partial charge on any atom is -0.454 e. The van der Waals surface area contributed by atoms with Crippen LogP contribution < -0.4 is 14.7 Å². The number of nitrogens with zero attached hydrogens (tertiary/aromatic N) is 5. The summed E-state index contributed by atoms with van der Waals surface area (Å²) in [4.78, 5) is 16.2. The molecule has 0 saturated carbocycles. The van der Waals surface area contributed by atoms with E-state index in [0.29, 0.717) is 6.54 Å². The molecule has 0 amide bonds. The number of hydrogen-bond donors (Lipinski definition) is 0. The fraction of sp³-hybridized carbons (Fsp3) is 0.212. The molecule has 5 heterocycles. The number of anilines is 4. The molecule has 0 spiro atoms. The van der Waals surface area contributed by atoms with E-state index >= 15 is 0 Å². The highest BCUT2D eigenvalue weighted by Crippen LogP contribution is 2.65. The van der Waals surface area contributed by atoms with Gasteiger partial charge >= 0.3 is 0 Å². The predicted molar refractivity (Wildman–Crippen MR) is 159 cm³/mol. The lowest BCUT2D eigenvalue weighted by Crippen LogP contribution is -2.65. The number of furan rings is 1. The maximum atomic E-state index is 6.56. The van der Waals surface area contributed by atoms with Crippen LogP contribution in [0.5, 0.6) is 0 Å². The van der Waals surface area contributed by atoms with E-state index in [1.165, 1.54) is 5.56 Å². The summed E-state index contributed by atoms with van der Waals surface area (Å²) in [7, 11) is 2.16. The maximum absolute atomic E-state index is 6.56. The van der Waals surface area contributed by atoms with Crippen molar-refractivity contribution in [3.63, 3.8) is 0 Å². The van der Waals surface area contributed by atoms with Crippen LogP contribution in [0, 0.1) is 5.41 Å². The van der Waals surface area contributed by atoms with Crippen LogP contribution in [0.2, 0.25) is 0 Å². The summed E-state index contributed by atoms with van der Waals surface area (Å²) in [6.45, 7) is 14.6. The SMILES string of the molecule is C=CN1CC2(C)C3N(C)c4cncnc4N3c3ccccc3C2(C)C(=C)c2ccc3c(oc4ccccc43)c21. The van der Waals surface area contributed by atoms with E-state index in [9.17, 15) is 0 Å². The lowest BCUT2D eigenvalue weighted by atomic mass is 9.54. The molecule has 3 atom stereocenters. The Kier molecular flexibility index (Phi) is 4.19. The highest BCUT2D eigenvalue weighted by Gasteiger charge is 2.64. The first-order valence-corrected chi connectivity index (χ1v) is 13.3. The van der Waals surface area contributed by atoms with E-state index in [2.05, 4.69) is 95.7 Å². The van der Waals surface area contributed by atoms with Gasteiger partial charge in [-0.25, -0.2) is 9.97 Å². The number of allylic oxidation sites excluding steroid dienone is 1. The average molecular weight is 512 g/mol. The van der Waals surface area contributed by atoms with Gasteiger partial charge < -0.3 is 19.1 Å². The van der Waals surface area contributed by atoms with Crippen molar-refractivity contribution in [2.24, 2.45) is 5.41 Å². The number of para-hydroxylation sites is 2. The highest BCUT2D eigenvalue weighted by molar-refractivity contribution is 6.12. The van der Waals surface area contributed by atoms with Crippen molar-refractivity contribution in [3.8, 4) is 0 Å². The minimum absolute atomic E-state index is 0.0243. The molecule has 3 aromatic carbocycles. The number of benzene rings is 3. The standard InChI is InChI=1S/C33H29N5O/c1-6-37-18-32(3)31-36(5)26-17-34-19-35-30(26)38(31)25-13-9-8-12-24(25)33(32,4)20(2)21-15-16-23-22-11-7-10-14-27(22)39-29(23)28(21)37/h6-17,19,31H,1-2,18H2,3-5H3. The third-order valence-corrected chi connectivity index (χ3v) is 9.76. The van der Waals surface area contributed by atoms with Gasteiger partial charge in [0, 0.05) is 46.4 Å². The number of aromatic nitrogens is 2. The Bertz CT molecular complexity index is 1870. The Balaban J connectivity index is 1.46. The zero-order valence-electron chi connectivity index (χ0n) is 22.3. The second-order valence-electron chi connectivity index (χ2n) is 11.4. The van der Waals surface area contributed by atoms with Gasteiger partial charge in [0.2, 0.25) is 0 Å². The zero-order chi connectivity index (χ0) is 26.7. The van der Waals surface area contributed by atoms with E-state index < -0.39 is 5.41 Å². The van der Waals surface area contributed by atoms with Crippen molar-refractivity contribution >= 4 is 50.4 Å². The van der Waals surface area contributed by atoms with E-state index in [0.717, 1.165) is 56.0 Å². The fourth-order valence-corrected chi connectivity index (χ4v) is 7.71. The summed E-state index contributed by atoms with van der Waals surface area (Å²) in [5.41, 5.74) is 7.63. The normalized spacial score (nSPS) is 25.2. The van der Waals surface area contributed by atoms with Crippen LogP contribution in [0.15, 0.2) is 97.0 Å². The maximum Gasteiger partial charge on any atom is 0.161 e. The highest BCUT2D eigenvalue weighted by atomic mass is 16.3. The summed E-state index contributed by atoms with van der Waals surface area (Å²) in [5, 5.41) is 2.22. The van der Waals surface area contributed by atoms with Gasteiger partial charge in [-0.15, -0.1) is 0 Å². The molecule has 3 unspecified atom stereocenters. The molecule has 39 heavy (non-hydrogen) atoms. The van der Waals surface area contributed by atoms with Gasteiger partial charge in [-0.3, -0.25) is 0 Å². The van der Waals surface area contributed by atoms with Crippen molar-refractivity contribution < 1.29 is 4.42 Å². The first-order valence-electron chi connectivity index (χ1n) is 13.3. The molecular formula is C33H29N5O. The molecule has 3 aliphatic rings. The van der Waals surface area contributed by atoms with Crippen LogP contribution >= 0.6 is 0 Å². The molecule has 6 heteroatoms. The van der Waals surface area contributed by atoms with Gasteiger partial charge in [0.15, 0.2) is 11.4 Å². The largest absolute Gasteiger partial charge is 0.454 e. The lowest BCUT2D eigenvalue weighted by molar-refractivity contribution is 0.161. The molecular weight excluding hydrogens is 482 g/mol. The Hall–Kier alpha value is -4.58. The first-order chi connectivity index (χ1) is 18.9. The van der Waals surface area contributed by atoms with E-state index in [1.54, 1.807) is 6.33 Å². The monoisotopic (exact) mass is 511 g/mol. The van der Waals surface area contributed by atoms with Gasteiger partial charge in [0.25, 0.3) is 0 Å². The smallest absolute Gasteiger partial charge is 0.161 e. The zero-order valence-corrected chi connectivity index (χ0v) is 22.3. The molecule has 5 aromatic rings. The number of hydrogen-bond acceptors (Lipinski definition) is 6. The van der Waals surface area contributed by atoms with Crippen LogP contribution in [0.3, 0.4) is 0 Å². The minimum atomic E-state index is -0.416. The molecule has 0 fully saturated rings. The van der Waals surface area contributed by atoms with Crippen molar-refractivity contribution in [1.82, 2.24) is 9.97 Å². The summed E-state index contributed by atoms with van der Waals surface area (Å²) < 4.78 is 6.56. The van der Waals surface area contributed by atoms with Crippen molar-refractivity contribution in [2.75, 3.05) is 28.3 Å². The van der Waals surface area contributed by atoms with Gasteiger partial charge in [-0.2, -0.15) is 0 Å². The van der Waals surface area contributed by atoms with Gasteiger partial charge in [-0.05, 0) is 35.5 Å². The van der Waals surface area contributed by atoms with E-state index in [-0.39, 0.29) is 11.6 Å². The van der Waals surface area contributed by atoms with Crippen LogP contribution in [-0.2, 0) is 5.41 Å². The second-order valence-corrected chi connectivity index (χ2v) is 11.4. The molecule has 0 N–H and O–H groups in total. The summed E-state index contributed by atoms with van der Waals surface area (Å²) >= 11 is 0. The molecule has 0 saturated heterocycles. The summed E-state index contributed by atoms with van der Waals surface area (Å²) in [6.07, 6.45) is 5.49. The predicted octanol–water partition coefficient (Wildman–Crippen LogP) is 7.24. The summed E-state index contributed by atoms with van der Waals surface area (Å²) in [5.74, 6) is 0.936. The van der Waals surface area contributed by atoms with Gasteiger partial charge in [0.05, 0.1) is 11.9 Å². The van der Waals surface area contributed by atoms with Crippen LogP contribution in [0.4, 0.5) is 22.9 Å². The van der Waals surface area contributed by atoms with Crippen LogP contribution in [0.1, 0.15) is 25.0 Å². The van der Waals surface area contributed by atoms with Crippen LogP contribution in [-0.4, -0.2) is 29.7 Å². The first kappa shape index (κ1) is 22.4. The van der Waals surface area contributed by atoms with Crippen molar-refractivity contribution in [2.45, 2.75) is 25.4 Å². The Morgan fingerprint density at radius 3 is 2.64 bits per heavy atom. The summed E-state index contributed by atoms with van der Waals surface area (Å²) in [6, 6.07) is 21.4. The molecule has 8 rings (SSSR count). The van der Waals surface area contributed by atoms with Crippen LogP contribution in [0.25, 0.3) is 27.5 Å². The fourth-order valence-electron chi connectivity index (χ4n) is 7.71. The Labute approximate surface area is 227 Å². The molecule has 0 bridgehead atoms. The third-order valence-electron chi connectivity index (χ3n) is 9.76. The number of rotatable bonds is 1. The van der Waals surface area contributed by atoms with E-state index in [4.69, 9.17) is 16.0 Å². The second kappa shape index (κ2) is 7.29. The van der Waals surface area contributed by atoms with E-state index in [1.807, 2.05) is 24.5 Å². The molecule has 2 aromatic heterocycles. The Morgan fingerprint density at radius 2 is 1.79 bits per heavy atom. The molecule has 0 radical (unpaired) electrons. The van der Waals surface area contributed by atoms with Gasteiger partial charge in [-0.1, -0.05) is 69.5 Å². The van der Waals surface area contributed by atoms with Crippen molar-refractivity contribution in [3.05, 3.63) is 104 Å². The average Bonchev–Trinajstić information content (AvgIpc) is 3.47. The van der Waals surface area contributed by atoms with Crippen molar-refractivity contribution in [1.29, 1.82) is 0 Å². The molecule has 0 aliphatic carbocycles. The molecule has 3 aliphatic heterocycles. The third kappa shape index (κ3) is 2.48. The Morgan fingerprint density at radius 1 is 1.00 bits per heavy atom. The number of fused-ring (bicyclic) bond motifs is 13. The molecule has 6 nitrogen and oxygen atoms in total. The lowest BCUT2D eigenvalue weighted by Gasteiger charge is -2.59.